The van der Waals surface area contributed by atoms with Gasteiger partial charge in [-0.3, -0.25) is 4.79 Å². The lowest BCUT2D eigenvalue weighted by molar-refractivity contribution is -0.126. The summed E-state index contributed by atoms with van der Waals surface area (Å²) in [5.74, 6) is -0.446. The third-order valence-corrected chi connectivity index (χ3v) is 7.54. The number of hydrogen-bond acceptors (Lipinski definition) is 3. The first-order valence-corrected chi connectivity index (χ1v) is 11.8. The van der Waals surface area contributed by atoms with Gasteiger partial charge in [-0.05, 0) is 56.0 Å². The average molecular weight is 435 g/mol. The van der Waals surface area contributed by atoms with Gasteiger partial charge in [-0.2, -0.15) is 4.31 Å². The van der Waals surface area contributed by atoms with Crippen LogP contribution in [0.2, 0.25) is 5.02 Å². The number of amides is 1. The van der Waals surface area contributed by atoms with E-state index >= 15 is 0 Å². The standard InChI is InChI=1S/C22H27ClN2O3S/c1-3-21(17-8-6-16(2)7-9-17)24-22(26)18-5-4-14-25(15-18)29(27,28)20-12-10-19(23)11-13-20/h6-13,18,21H,3-5,14-15H2,1-2H3,(H,24,26)/t18-,21-/m1/s1. The van der Waals surface area contributed by atoms with Crippen molar-refractivity contribution >= 4 is 27.5 Å². The van der Waals surface area contributed by atoms with Gasteiger partial charge in [0.25, 0.3) is 0 Å². The van der Waals surface area contributed by atoms with Crippen molar-refractivity contribution in [3.05, 3.63) is 64.7 Å². The van der Waals surface area contributed by atoms with Gasteiger partial charge in [0.2, 0.25) is 15.9 Å². The molecule has 0 aliphatic carbocycles. The summed E-state index contributed by atoms with van der Waals surface area (Å²) < 4.78 is 27.3. The molecule has 0 radical (unpaired) electrons. The molecule has 0 saturated carbocycles. The molecule has 1 saturated heterocycles. The number of nitrogens with zero attached hydrogens (tertiary/aromatic N) is 1. The summed E-state index contributed by atoms with van der Waals surface area (Å²) in [5, 5.41) is 3.60. The highest BCUT2D eigenvalue weighted by atomic mass is 35.5. The number of carbonyl (C=O) groups excluding carboxylic acids is 1. The first kappa shape index (κ1) is 21.8. The molecular weight excluding hydrogens is 408 g/mol. The van der Waals surface area contributed by atoms with Gasteiger partial charge in [0, 0.05) is 18.1 Å². The first-order chi connectivity index (χ1) is 13.8. The monoisotopic (exact) mass is 434 g/mol. The number of nitrogens with one attached hydrogen (secondary N) is 1. The summed E-state index contributed by atoms with van der Waals surface area (Å²) in [5.41, 5.74) is 2.23. The van der Waals surface area contributed by atoms with E-state index in [1.165, 1.54) is 22.0 Å². The molecule has 7 heteroatoms. The second-order valence-corrected chi connectivity index (χ2v) is 9.91. The molecule has 2 aromatic rings. The van der Waals surface area contributed by atoms with Crippen molar-refractivity contribution in [2.75, 3.05) is 13.1 Å². The average Bonchev–Trinajstić information content (AvgIpc) is 2.73. The Bertz CT molecular complexity index is 943. The molecule has 1 heterocycles. The molecule has 29 heavy (non-hydrogen) atoms. The summed E-state index contributed by atoms with van der Waals surface area (Å²) in [6.07, 6.45) is 2.11. The number of piperidine rings is 1. The lowest BCUT2D eigenvalue weighted by Gasteiger charge is -2.32. The zero-order chi connectivity index (χ0) is 21.0. The summed E-state index contributed by atoms with van der Waals surface area (Å²) in [6.45, 7) is 4.68. The second-order valence-electron chi connectivity index (χ2n) is 7.54. The van der Waals surface area contributed by atoms with Crippen LogP contribution >= 0.6 is 11.6 Å². The number of hydrogen-bond donors (Lipinski definition) is 1. The van der Waals surface area contributed by atoms with Crippen molar-refractivity contribution in [1.29, 1.82) is 0 Å². The fourth-order valence-electron chi connectivity index (χ4n) is 3.64. The minimum Gasteiger partial charge on any atom is -0.349 e. The van der Waals surface area contributed by atoms with Crippen LogP contribution in [0.25, 0.3) is 0 Å². The maximum Gasteiger partial charge on any atom is 0.243 e. The quantitative estimate of drug-likeness (QED) is 0.736. The van der Waals surface area contributed by atoms with Gasteiger partial charge in [0.05, 0.1) is 16.9 Å². The Labute approximate surface area is 178 Å². The Hall–Kier alpha value is -1.89. The fraction of sp³-hybridized carbons (Fsp3) is 0.409. The third kappa shape index (κ3) is 5.18. The van der Waals surface area contributed by atoms with E-state index in [9.17, 15) is 13.2 Å². The highest BCUT2D eigenvalue weighted by Crippen LogP contribution is 2.26. The van der Waals surface area contributed by atoms with Crippen molar-refractivity contribution in [3.63, 3.8) is 0 Å². The van der Waals surface area contributed by atoms with Gasteiger partial charge in [0.1, 0.15) is 0 Å². The summed E-state index contributed by atoms with van der Waals surface area (Å²) in [6, 6.07) is 14.2. The molecule has 156 valence electrons. The lowest BCUT2D eigenvalue weighted by Crippen LogP contribution is -2.46. The normalized spacial score (nSPS) is 18.9. The van der Waals surface area contributed by atoms with Crippen molar-refractivity contribution in [2.45, 2.75) is 44.0 Å². The SMILES string of the molecule is CC[C@@H](NC(=O)[C@@H]1CCCN(S(=O)(=O)c2ccc(Cl)cc2)C1)c1ccc(C)cc1. The van der Waals surface area contributed by atoms with E-state index in [0.717, 1.165) is 12.0 Å². The fourth-order valence-corrected chi connectivity index (χ4v) is 5.29. The van der Waals surface area contributed by atoms with E-state index in [-0.39, 0.29) is 29.3 Å². The van der Waals surface area contributed by atoms with E-state index in [0.29, 0.717) is 24.4 Å². The third-order valence-electron chi connectivity index (χ3n) is 5.41. The van der Waals surface area contributed by atoms with Gasteiger partial charge >= 0.3 is 0 Å². The summed E-state index contributed by atoms with van der Waals surface area (Å²) in [7, 11) is -3.64. The van der Waals surface area contributed by atoms with Crippen LogP contribution in [-0.2, 0) is 14.8 Å². The van der Waals surface area contributed by atoms with Gasteiger partial charge in [0.15, 0.2) is 0 Å². The topological polar surface area (TPSA) is 66.5 Å². The number of sulfonamides is 1. The zero-order valence-electron chi connectivity index (χ0n) is 16.8. The maximum absolute atomic E-state index is 12.9. The van der Waals surface area contributed by atoms with Crippen LogP contribution < -0.4 is 5.32 Å². The number of rotatable bonds is 6. The minimum absolute atomic E-state index is 0.0775. The van der Waals surface area contributed by atoms with E-state index < -0.39 is 10.0 Å². The molecule has 1 fully saturated rings. The molecule has 1 amide bonds. The van der Waals surface area contributed by atoms with Crippen LogP contribution in [0.15, 0.2) is 53.4 Å². The Morgan fingerprint density at radius 1 is 1.17 bits per heavy atom. The van der Waals surface area contributed by atoms with Crippen LogP contribution in [0.4, 0.5) is 0 Å². The molecule has 1 aliphatic heterocycles. The molecule has 0 spiro atoms. The van der Waals surface area contributed by atoms with Crippen LogP contribution in [0.5, 0.6) is 0 Å². The highest BCUT2D eigenvalue weighted by Gasteiger charge is 2.33. The maximum atomic E-state index is 12.9. The number of aryl methyl sites for hydroxylation is 1. The zero-order valence-corrected chi connectivity index (χ0v) is 18.3. The molecule has 2 aromatic carbocycles. The molecule has 0 bridgehead atoms. The lowest BCUT2D eigenvalue weighted by atomic mass is 9.97. The van der Waals surface area contributed by atoms with E-state index in [1.807, 2.05) is 38.1 Å². The Morgan fingerprint density at radius 3 is 2.45 bits per heavy atom. The number of benzene rings is 2. The molecule has 3 rings (SSSR count). The Morgan fingerprint density at radius 2 is 1.83 bits per heavy atom. The molecule has 0 unspecified atom stereocenters. The van der Waals surface area contributed by atoms with Crippen molar-refractivity contribution in [1.82, 2.24) is 9.62 Å². The van der Waals surface area contributed by atoms with Crippen LogP contribution in [0.3, 0.4) is 0 Å². The molecule has 2 atom stereocenters. The highest BCUT2D eigenvalue weighted by molar-refractivity contribution is 7.89. The van der Waals surface area contributed by atoms with E-state index in [2.05, 4.69) is 5.32 Å². The number of halogens is 1. The van der Waals surface area contributed by atoms with Gasteiger partial charge in [-0.25, -0.2) is 8.42 Å². The smallest absolute Gasteiger partial charge is 0.243 e. The molecule has 0 aromatic heterocycles. The molecular formula is C22H27ClN2O3S. The molecule has 5 nitrogen and oxygen atoms in total. The first-order valence-electron chi connectivity index (χ1n) is 9.94. The van der Waals surface area contributed by atoms with Crippen molar-refractivity contribution in [2.24, 2.45) is 5.92 Å². The van der Waals surface area contributed by atoms with Gasteiger partial charge in [-0.15, -0.1) is 0 Å². The van der Waals surface area contributed by atoms with Gasteiger partial charge in [-0.1, -0.05) is 48.4 Å². The predicted octanol–water partition coefficient (Wildman–Crippen LogP) is 4.32. The summed E-state index contributed by atoms with van der Waals surface area (Å²) in [4.78, 5) is 13.1. The predicted molar refractivity (Wildman–Crippen MR) is 115 cm³/mol. The molecule has 1 N–H and O–H groups in total. The van der Waals surface area contributed by atoms with Crippen molar-refractivity contribution < 1.29 is 13.2 Å². The number of carbonyl (C=O) groups is 1. The Balaban J connectivity index is 1.70. The largest absolute Gasteiger partial charge is 0.349 e. The molecule has 1 aliphatic rings. The second kappa shape index (κ2) is 9.28. The van der Waals surface area contributed by atoms with Gasteiger partial charge < -0.3 is 5.32 Å². The van der Waals surface area contributed by atoms with Crippen molar-refractivity contribution in [3.8, 4) is 0 Å². The van der Waals surface area contributed by atoms with E-state index in [4.69, 9.17) is 11.6 Å². The summed E-state index contributed by atoms with van der Waals surface area (Å²) >= 11 is 5.87. The van der Waals surface area contributed by atoms with Crippen LogP contribution in [-0.4, -0.2) is 31.7 Å². The van der Waals surface area contributed by atoms with Crippen LogP contribution in [0.1, 0.15) is 43.4 Å². The van der Waals surface area contributed by atoms with Crippen LogP contribution in [0, 0.1) is 12.8 Å². The van der Waals surface area contributed by atoms with E-state index in [1.54, 1.807) is 12.1 Å². The minimum atomic E-state index is -3.64. The Kier molecular flexibility index (Phi) is 6.98.